The molecule has 1 N–H and O–H groups in total. The Morgan fingerprint density at radius 2 is 2.00 bits per heavy atom. The molecular weight excluding hydrogens is 252 g/mol. The van der Waals surface area contributed by atoms with Crippen LogP contribution in [0.4, 0.5) is 0 Å². The van der Waals surface area contributed by atoms with Gasteiger partial charge >= 0.3 is 0 Å². The normalized spacial score (nSPS) is 12.2. The molecule has 0 spiro atoms. The van der Waals surface area contributed by atoms with E-state index in [4.69, 9.17) is 4.74 Å². The molecule has 0 saturated heterocycles. The van der Waals surface area contributed by atoms with Gasteiger partial charge in [0, 0.05) is 48.0 Å². The van der Waals surface area contributed by atoms with Crippen molar-refractivity contribution in [3.8, 4) is 5.75 Å². The highest BCUT2D eigenvalue weighted by atomic mass is 16.5. The van der Waals surface area contributed by atoms with Crippen LogP contribution in [0.5, 0.6) is 5.75 Å². The van der Waals surface area contributed by atoms with Gasteiger partial charge in [-0.2, -0.15) is 0 Å². The van der Waals surface area contributed by atoms with Gasteiger partial charge in [-0.1, -0.05) is 0 Å². The van der Waals surface area contributed by atoms with E-state index in [1.165, 1.54) is 0 Å². The Morgan fingerprint density at radius 1 is 1.20 bits per heavy atom. The Balaban J connectivity index is 2.29. The number of ether oxygens (including phenoxy) is 1. The molecule has 0 aliphatic rings. The van der Waals surface area contributed by atoms with Crippen LogP contribution in [0.25, 0.3) is 0 Å². The number of nitrogens with one attached hydrogen (secondary N) is 1. The number of nitrogens with zero attached hydrogens (tertiary/aromatic N) is 3. The van der Waals surface area contributed by atoms with Crippen LogP contribution < -0.4 is 10.1 Å². The predicted molar refractivity (Wildman–Crippen MR) is 77.8 cm³/mol. The van der Waals surface area contributed by atoms with Crippen LogP contribution in [0.1, 0.15) is 28.6 Å². The fourth-order valence-electron chi connectivity index (χ4n) is 2.32. The van der Waals surface area contributed by atoms with E-state index in [9.17, 15) is 0 Å². The summed E-state index contributed by atoms with van der Waals surface area (Å²) in [6.45, 7) is 4.04. The van der Waals surface area contributed by atoms with E-state index in [2.05, 4.69) is 20.3 Å². The molecule has 5 nitrogen and oxygen atoms in total. The average Bonchev–Trinajstić information content (AvgIpc) is 2.48. The first-order valence-corrected chi connectivity index (χ1v) is 6.59. The van der Waals surface area contributed by atoms with Crippen molar-refractivity contribution < 1.29 is 4.74 Å². The fraction of sp³-hybridized carbons (Fsp3) is 0.400. The third-order valence-corrected chi connectivity index (χ3v) is 3.44. The van der Waals surface area contributed by atoms with Crippen LogP contribution in [-0.2, 0) is 6.42 Å². The summed E-state index contributed by atoms with van der Waals surface area (Å²) in [5, 5.41) is 3.26. The monoisotopic (exact) mass is 272 g/mol. The highest BCUT2D eigenvalue weighted by Crippen LogP contribution is 2.26. The second-order valence-corrected chi connectivity index (χ2v) is 4.72. The van der Waals surface area contributed by atoms with Gasteiger partial charge in [-0.25, -0.2) is 0 Å². The van der Waals surface area contributed by atoms with Crippen molar-refractivity contribution in [2.24, 2.45) is 0 Å². The van der Waals surface area contributed by atoms with Gasteiger partial charge in [-0.3, -0.25) is 15.0 Å². The van der Waals surface area contributed by atoms with Crippen LogP contribution in [0.3, 0.4) is 0 Å². The Kier molecular flexibility index (Phi) is 4.63. The molecular formula is C15H20N4O. The molecule has 20 heavy (non-hydrogen) atoms. The van der Waals surface area contributed by atoms with E-state index < -0.39 is 0 Å². The molecule has 5 heteroatoms. The van der Waals surface area contributed by atoms with Gasteiger partial charge in [-0.05, 0) is 20.9 Å². The second kappa shape index (κ2) is 6.43. The van der Waals surface area contributed by atoms with Gasteiger partial charge in [0.25, 0.3) is 0 Å². The number of aryl methyl sites for hydroxylation is 1. The van der Waals surface area contributed by atoms with Crippen molar-refractivity contribution in [1.82, 2.24) is 20.3 Å². The number of pyridine rings is 1. The quantitative estimate of drug-likeness (QED) is 0.902. The van der Waals surface area contributed by atoms with Gasteiger partial charge in [0.05, 0.1) is 18.8 Å². The maximum absolute atomic E-state index is 5.45. The first-order chi connectivity index (χ1) is 9.67. The lowest BCUT2D eigenvalue weighted by Gasteiger charge is -2.18. The minimum atomic E-state index is 0.0855. The molecule has 0 saturated carbocycles. The molecule has 1 unspecified atom stereocenters. The third kappa shape index (κ3) is 2.93. The lowest BCUT2D eigenvalue weighted by Crippen LogP contribution is -2.21. The maximum atomic E-state index is 5.45. The van der Waals surface area contributed by atoms with E-state index in [-0.39, 0.29) is 6.04 Å². The third-order valence-electron chi connectivity index (χ3n) is 3.44. The van der Waals surface area contributed by atoms with Crippen LogP contribution in [0, 0.1) is 13.8 Å². The minimum absolute atomic E-state index is 0.0855. The Hall–Kier alpha value is -2.01. The van der Waals surface area contributed by atoms with Crippen molar-refractivity contribution in [1.29, 1.82) is 0 Å². The SMILES string of the molecule is CNC(Cc1ncc(C)c(OC)c1C)c1cnccn1. The summed E-state index contributed by atoms with van der Waals surface area (Å²) in [6.07, 6.45) is 7.76. The van der Waals surface area contributed by atoms with Crippen LogP contribution in [0.15, 0.2) is 24.8 Å². The molecule has 0 amide bonds. The lowest BCUT2D eigenvalue weighted by atomic mass is 10.0. The average molecular weight is 272 g/mol. The van der Waals surface area contributed by atoms with Gasteiger partial charge in [0.1, 0.15) is 5.75 Å². The minimum Gasteiger partial charge on any atom is -0.496 e. The van der Waals surface area contributed by atoms with E-state index in [0.717, 1.165) is 34.7 Å². The molecule has 0 aliphatic heterocycles. The largest absolute Gasteiger partial charge is 0.496 e. The Labute approximate surface area is 119 Å². The Morgan fingerprint density at radius 3 is 2.60 bits per heavy atom. The van der Waals surface area contributed by atoms with E-state index >= 15 is 0 Å². The molecule has 0 aromatic carbocycles. The molecule has 2 aromatic rings. The summed E-state index contributed by atoms with van der Waals surface area (Å²) in [5.74, 6) is 0.906. The first kappa shape index (κ1) is 14.4. The standard InChI is InChI=1S/C15H20N4O/c1-10-8-19-12(11(2)15(10)20-4)7-13(16-3)14-9-17-5-6-18-14/h5-6,8-9,13,16H,7H2,1-4H3. The zero-order chi connectivity index (χ0) is 14.5. The molecule has 0 fully saturated rings. The van der Waals surface area contributed by atoms with E-state index in [1.54, 1.807) is 25.7 Å². The zero-order valence-corrected chi connectivity index (χ0v) is 12.3. The molecule has 2 aromatic heterocycles. The second-order valence-electron chi connectivity index (χ2n) is 4.72. The highest BCUT2D eigenvalue weighted by Gasteiger charge is 2.16. The predicted octanol–water partition coefficient (Wildman–Crippen LogP) is 2.00. The van der Waals surface area contributed by atoms with Crippen LogP contribution in [0.2, 0.25) is 0 Å². The lowest BCUT2D eigenvalue weighted by molar-refractivity contribution is 0.406. The molecule has 2 rings (SSSR count). The van der Waals surface area contributed by atoms with E-state index in [1.807, 2.05) is 27.1 Å². The summed E-state index contributed by atoms with van der Waals surface area (Å²) >= 11 is 0. The number of hydrogen-bond acceptors (Lipinski definition) is 5. The van der Waals surface area contributed by atoms with Crippen LogP contribution in [-0.4, -0.2) is 29.1 Å². The smallest absolute Gasteiger partial charge is 0.128 e. The molecule has 106 valence electrons. The Bertz CT molecular complexity index is 572. The summed E-state index contributed by atoms with van der Waals surface area (Å²) in [6, 6.07) is 0.0855. The fourth-order valence-corrected chi connectivity index (χ4v) is 2.32. The molecule has 1 atom stereocenters. The number of aromatic nitrogens is 3. The first-order valence-electron chi connectivity index (χ1n) is 6.59. The molecule has 0 aliphatic carbocycles. The molecule has 0 bridgehead atoms. The summed E-state index contributed by atoms with van der Waals surface area (Å²) in [7, 11) is 3.61. The van der Waals surface area contributed by atoms with Gasteiger partial charge in [0.2, 0.25) is 0 Å². The van der Waals surface area contributed by atoms with Crippen molar-refractivity contribution in [3.05, 3.63) is 47.3 Å². The number of hydrogen-bond donors (Lipinski definition) is 1. The summed E-state index contributed by atoms with van der Waals surface area (Å²) in [4.78, 5) is 13.0. The zero-order valence-electron chi connectivity index (χ0n) is 12.3. The van der Waals surface area contributed by atoms with Crippen LogP contribution >= 0.6 is 0 Å². The van der Waals surface area contributed by atoms with Gasteiger partial charge < -0.3 is 10.1 Å². The highest BCUT2D eigenvalue weighted by molar-refractivity contribution is 5.41. The maximum Gasteiger partial charge on any atom is 0.128 e. The van der Waals surface area contributed by atoms with Crippen molar-refractivity contribution in [2.75, 3.05) is 14.2 Å². The van der Waals surface area contributed by atoms with E-state index in [0.29, 0.717) is 0 Å². The topological polar surface area (TPSA) is 59.9 Å². The van der Waals surface area contributed by atoms with Gasteiger partial charge in [-0.15, -0.1) is 0 Å². The van der Waals surface area contributed by atoms with Crippen molar-refractivity contribution in [2.45, 2.75) is 26.3 Å². The number of likely N-dealkylation sites (N-methyl/N-ethyl adjacent to an activating group) is 1. The number of rotatable bonds is 5. The number of methoxy groups -OCH3 is 1. The van der Waals surface area contributed by atoms with Crippen molar-refractivity contribution in [3.63, 3.8) is 0 Å². The molecule has 0 radical (unpaired) electrons. The van der Waals surface area contributed by atoms with Crippen molar-refractivity contribution >= 4 is 0 Å². The summed E-state index contributed by atoms with van der Waals surface area (Å²) < 4.78 is 5.45. The molecule has 2 heterocycles. The van der Waals surface area contributed by atoms with Gasteiger partial charge in [0.15, 0.2) is 0 Å². The summed E-state index contributed by atoms with van der Waals surface area (Å²) in [5.41, 5.74) is 4.05.